The van der Waals surface area contributed by atoms with Crippen LogP contribution in [-0.2, 0) is 4.57 Å². The quantitative estimate of drug-likeness (QED) is 0.634. The molecule has 0 saturated carbocycles. The molecule has 2 heterocycles. The fraction of sp³-hybridized carbons (Fsp3) is 0. The van der Waals surface area contributed by atoms with Crippen LogP contribution in [0.15, 0.2) is 72.1 Å². The Balaban J connectivity index is 2.02. The predicted molar refractivity (Wildman–Crippen MR) is 91.9 cm³/mol. The molecule has 0 saturated heterocycles. The Bertz CT molecular complexity index is 863. The SMILES string of the molecule is O=P1(c2ccccc2)C(c2cccs2)=Cc2ccccc21. The van der Waals surface area contributed by atoms with Gasteiger partial charge in [-0.3, -0.25) is 0 Å². The van der Waals surface area contributed by atoms with E-state index in [0.717, 1.165) is 26.4 Å². The summed E-state index contributed by atoms with van der Waals surface area (Å²) in [5.74, 6) is 0. The molecule has 1 nitrogen and oxygen atoms in total. The van der Waals surface area contributed by atoms with Crippen molar-refractivity contribution >= 4 is 40.5 Å². The third-order valence-electron chi connectivity index (χ3n) is 3.80. The fourth-order valence-electron chi connectivity index (χ4n) is 2.83. The summed E-state index contributed by atoms with van der Waals surface area (Å²) in [6.45, 7) is 0. The maximum absolute atomic E-state index is 14.0. The Morgan fingerprint density at radius 3 is 2.33 bits per heavy atom. The Hall–Kier alpha value is -1.89. The number of rotatable bonds is 2. The average molecular weight is 308 g/mol. The van der Waals surface area contributed by atoms with E-state index in [1.54, 1.807) is 11.3 Å². The first-order chi connectivity index (χ1) is 10.3. The van der Waals surface area contributed by atoms with Gasteiger partial charge in [0.15, 0.2) is 7.14 Å². The normalized spacial score (nSPS) is 20.1. The summed E-state index contributed by atoms with van der Waals surface area (Å²) in [4.78, 5) is 1.10. The van der Waals surface area contributed by atoms with Crippen LogP contribution in [0.25, 0.3) is 11.4 Å². The molecular weight excluding hydrogens is 295 g/mol. The van der Waals surface area contributed by atoms with Crippen LogP contribution < -0.4 is 10.6 Å². The second kappa shape index (κ2) is 4.84. The molecule has 0 bridgehead atoms. The maximum Gasteiger partial charge on any atom is 0.173 e. The largest absolute Gasteiger partial charge is 0.309 e. The average Bonchev–Trinajstić information content (AvgIpc) is 3.16. The molecule has 4 rings (SSSR count). The summed E-state index contributed by atoms with van der Waals surface area (Å²) >= 11 is 1.65. The van der Waals surface area contributed by atoms with Crippen molar-refractivity contribution in [3.05, 3.63) is 82.6 Å². The number of fused-ring (bicyclic) bond motifs is 1. The maximum atomic E-state index is 14.0. The van der Waals surface area contributed by atoms with Crippen LogP contribution in [0, 0.1) is 0 Å². The van der Waals surface area contributed by atoms with Crippen molar-refractivity contribution in [1.82, 2.24) is 0 Å². The predicted octanol–water partition coefficient (Wildman–Crippen LogP) is 4.57. The molecule has 0 spiro atoms. The summed E-state index contributed by atoms with van der Waals surface area (Å²) in [6, 6.07) is 21.9. The lowest BCUT2D eigenvalue weighted by Gasteiger charge is -2.17. The van der Waals surface area contributed by atoms with Crippen molar-refractivity contribution in [3.8, 4) is 0 Å². The highest BCUT2D eigenvalue weighted by molar-refractivity contribution is 7.88. The molecule has 102 valence electrons. The van der Waals surface area contributed by atoms with Gasteiger partial charge >= 0.3 is 0 Å². The molecule has 1 aromatic heterocycles. The lowest BCUT2D eigenvalue weighted by Crippen LogP contribution is -2.15. The number of thiophene rings is 1. The van der Waals surface area contributed by atoms with Gasteiger partial charge in [-0.25, -0.2) is 0 Å². The summed E-state index contributed by atoms with van der Waals surface area (Å²) in [5.41, 5.74) is 1.08. The molecule has 21 heavy (non-hydrogen) atoms. The fourth-order valence-corrected chi connectivity index (χ4v) is 6.93. The minimum absolute atomic E-state index is 0.912. The van der Waals surface area contributed by atoms with Crippen molar-refractivity contribution in [3.63, 3.8) is 0 Å². The molecular formula is C18H13OPS. The van der Waals surface area contributed by atoms with Gasteiger partial charge in [0, 0.05) is 20.8 Å². The van der Waals surface area contributed by atoms with Crippen molar-refractivity contribution < 1.29 is 4.57 Å². The third-order valence-corrected chi connectivity index (χ3v) is 8.01. The standard InChI is InChI=1S/C18H13OPS/c19-20(15-8-2-1-3-9-15)16-10-5-4-7-14(16)13-17(20)18-11-6-12-21-18/h1-13H. The molecule has 3 aromatic rings. The van der Waals surface area contributed by atoms with Crippen molar-refractivity contribution in [2.75, 3.05) is 0 Å². The van der Waals surface area contributed by atoms with Crippen LogP contribution in [0.3, 0.4) is 0 Å². The Morgan fingerprint density at radius 2 is 1.57 bits per heavy atom. The Morgan fingerprint density at radius 1 is 0.810 bits per heavy atom. The van der Waals surface area contributed by atoms with Crippen LogP contribution in [0.2, 0.25) is 0 Å². The van der Waals surface area contributed by atoms with Crippen LogP contribution in [-0.4, -0.2) is 0 Å². The molecule has 0 amide bonds. The first kappa shape index (κ1) is 12.8. The van der Waals surface area contributed by atoms with Crippen molar-refractivity contribution in [2.45, 2.75) is 0 Å². The minimum Gasteiger partial charge on any atom is -0.309 e. The Kier molecular flexibility index (Phi) is 2.95. The van der Waals surface area contributed by atoms with E-state index >= 15 is 0 Å². The zero-order valence-corrected chi connectivity index (χ0v) is 13.0. The van der Waals surface area contributed by atoms with Crippen LogP contribution in [0.1, 0.15) is 10.4 Å². The van der Waals surface area contributed by atoms with Crippen molar-refractivity contribution in [2.24, 2.45) is 0 Å². The molecule has 2 aromatic carbocycles. The van der Waals surface area contributed by atoms with E-state index in [2.05, 4.69) is 12.1 Å². The van der Waals surface area contributed by atoms with Crippen LogP contribution in [0.4, 0.5) is 0 Å². The summed E-state index contributed by atoms with van der Waals surface area (Å²) < 4.78 is 14.0. The first-order valence-electron chi connectivity index (χ1n) is 6.81. The molecule has 0 fully saturated rings. The lowest BCUT2D eigenvalue weighted by molar-refractivity contribution is 0.593. The molecule has 1 aliphatic heterocycles. The molecule has 1 atom stereocenters. The smallest absolute Gasteiger partial charge is 0.173 e. The van der Waals surface area contributed by atoms with Gasteiger partial charge in [-0.1, -0.05) is 60.7 Å². The Labute approximate surface area is 128 Å². The second-order valence-corrected chi connectivity index (χ2v) is 8.66. The van der Waals surface area contributed by atoms with E-state index < -0.39 is 7.14 Å². The summed E-state index contributed by atoms with van der Waals surface area (Å²) in [7, 11) is -2.74. The highest BCUT2D eigenvalue weighted by Crippen LogP contribution is 2.61. The first-order valence-corrected chi connectivity index (χ1v) is 9.40. The molecule has 1 unspecified atom stereocenters. The van der Waals surface area contributed by atoms with Gasteiger partial charge in [0.1, 0.15) is 0 Å². The monoisotopic (exact) mass is 308 g/mol. The lowest BCUT2D eigenvalue weighted by atomic mass is 10.2. The number of hydrogen-bond donors (Lipinski definition) is 0. The highest BCUT2D eigenvalue weighted by atomic mass is 32.1. The molecule has 0 aliphatic carbocycles. The highest BCUT2D eigenvalue weighted by Gasteiger charge is 2.38. The second-order valence-electron chi connectivity index (χ2n) is 5.01. The van der Waals surface area contributed by atoms with Gasteiger partial charge in [-0.05, 0) is 23.1 Å². The molecule has 0 N–H and O–H groups in total. The van der Waals surface area contributed by atoms with E-state index in [4.69, 9.17) is 0 Å². The van der Waals surface area contributed by atoms with Gasteiger partial charge in [0.05, 0.1) is 0 Å². The van der Waals surface area contributed by atoms with E-state index in [-0.39, 0.29) is 0 Å². The molecule has 0 radical (unpaired) electrons. The zero-order valence-electron chi connectivity index (χ0n) is 11.3. The van der Waals surface area contributed by atoms with E-state index in [0.29, 0.717) is 0 Å². The van der Waals surface area contributed by atoms with Gasteiger partial charge in [-0.2, -0.15) is 0 Å². The van der Waals surface area contributed by atoms with Gasteiger partial charge in [-0.15, -0.1) is 11.3 Å². The van der Waals surface area contributed by atoms with E-state index in [1.165, 1.54) is 0 Å². The molecule has 1 aliphatic rings. The summed E-state index contributed by atoms with van der Waals surface area (Å²) in [5, 5.41) is 4.87. The van der Waals surface area contributed by atoms with Gasteiger partial charge in [0.2, 0.25) is 0 Å². The van der Waals surface area contributed by atoms with Crippen LogP contribution in [0.5, 0.6) is 0 Å². The number of benzene rings is 2. The molecule has 3 heteroatoms. The number of hydrogen-bond acceptors (Lipinski definition) is 2. The van der Waals surface area contributed by atoms with E-state index in [9.17, 15) is 4.57 Å². The van der Waals surface area contributed by atoms with Gasteiger partial charge in [0.25, 0.3) is 0 Å². The summed E-state index contributed by atoms with van der Waals surface area (Å²) in [6.07, 6.45) is 2.09. The minimum atomic E-state index is -2.74. The van der Waals surface area contributed by atoms with E-state index in [1.807, 2.05) is 66.0 Å². The van der Waals surface area contributed by atoms with Crippen LogP contribution >= 0.6 is 18.5 Å². The van der Waals surface area contributed by atoms with Gasteiger partial charge < -0.3 is 4.57 Å². The topological polar surface area (TPSA) is 17.1 Å². The van der Waals surface area contributed by atoms with Crippen molar-refractivity contribution in [1.29, 1.82) is 0 Å². The third kappa shape index (κ3) is 1.87. The zero-order chi connectivity index (χ0) is 14.3.